The molecule has 0 atom stereocenters. The van der Waals surface area contributed by atoms with Gasteiger partial charge in [-0.15, -0.1) is 0 Å². The Kier molecular flexibility index (Phi) is 8.20. The number of nitrogens with zero attached hydrogens (tertiary/aromatic N) is 4. The lowest BCUT2D eigenvalue weighted by atomic mass is 10.1. The number of aromatic nitrogens is 2. The minimum absolute atomic E-state index is 0.328. The highest BCUT2D eigenvalue weighted by molar-refractivity contribution is 6.30. The zero-order valence-electron chi connectivity index (χ0n) is 17.6. The minimum atomic E-state index is 0.328. The van der Waals surface area contributed by atoms with Gasteiger partial charge in [-0.25, -0.2) is 0 Å². The molecule has 2 heterocycles. The van der Waals surface area contributed by atoms with E-state index in [2.05, 4.69) is 19.8 Å². The highest BCUT2D eigenvalue weighted by Crippen LogP contribution is 2.29. The van der Waals surface area contributed by atoms with Crippen LogP contribution >= 0.6 is 11.6 Å². The second-order valence-corrected chi connectivity index (χ2v) is 8.13. The molecule has 0 fully saturated rings. The summed E-state index contributed by atoms with van der Waals surface area (Å²) >= 11 is 6.37. The van der Waals surface area contributed by atoms with Crippen LogP contribution in [0, 0.1) is 0 Å². The summed E-state index contributed by atoms with van der Waals surface area (Å²) in [5, 5.41) is 11.5. The first-order valence-electron chi connectivity index (χ1n) is 10.2. The predicted molar refractivity (Wildman–Crippen MR) is 122 cm³/mol. The number of pyridine rings is 2. The van der Waals surface area contributed by atoms with Crippen LogP contribution in [0.3, 0.4) is 0 Å². The molecule has 3 rings (SSSR count). The van der Waals surface area contributed by atoms with Crippen molar-refractivity contribution < 1.29 is 5.11 Å². The molecule has 0 radical (unpaired) electrons. The molecule has 0 amide bonds. The number of aromatic hydroxyl groups is 1. The summed E-state index contributed by atoms with van der Waals surface area (Å²) in [5.41, 5.74) is 3.82. The first-order valence-corrected chi connectivity index (χ1v) is 10.6. The van der Waals surface area contributed by atoms with Crippen molar-refractivity contribution >= 4 is 11.6 Å². The number of hydrogen-bond acceptors (Lipinski definition) is 5. The third kappa shape index (κ3) is 6.80. The molecule has 0 saturated carbocycles. The van der Waals surface area contributed by atoms with Gasteiger partial charge in [-0.1, -0.05) is 23.7 Å². The third-order valence-corrected chi connectivity index (χ3v) is 5.28. The van der Waals surface area contributed by atoms with E-state index in [4.69, 9.17) is 11.6 Å². The lowest BCUT2D eigenvalue weighted by Gasteiger charge is -2.21. The molecule has 3 aromatic rings. The molecule has 5 nitrogen and oxygen atoms in total. The molecule has 0 aliphatic heterocycles. The number of benzene rings is 1. The molecule has 30 heavy (non-hydrogen) atoms. The van der Waals surface area contributed by atoms with Gasteiger partial charge in [0.2, 0.25) is 0 Å². The summed E-state index contributed by atoms with van der Waals surface area (Å²) in [5.74, 6) is 0.328. The Morgan fingerprint density at radius 1 is 0.800 bits per heavy atom. The fourth-order valence-electron chi connectivity index (χ4n) is 3.40. The van der Waals surface area contributed by atoms with Gasteiger partial charge in [0, 0.05) is 79.0 Å². The van der Waals surface area contributed by atoms with Crippen LogP contribution in [0.25, 0.3) is 0 Å². The Morgan fingerprint density at radius 3 is 1.67 bits per heavy atom. The van der Waals surface area contributed by atoms with E-state index in [0.29, 0.717) is 23.9 Å². The van der Waals surface area contributed by atoms with E-state index in [0.717, 1.165) is 48.4 Å². The van der Waals surface area contributed by atoms with E-state index in [9.17, 15) is 5.11 Å². The topological polar surface area (TPSA) is 52.5 Å². The predicted octanol–water partition coefficient (Wildman–Crippen LogP) is 4.18. The molecule has 2 aromatic heterocycles. The number of phenolic OH excluding ortho intramolecular Hbond substituents is 1. The molecule has 1 N–H and O–H groups in total. The molecule has 6 heteroatoms. The van der Waals surface area contributed by atoms with Crippen molar-refractivity contribution in [2.75, 3.05) is 27.2 Å². The van der Waals surface area contributed by atoms with E-state index in [1.165, 1.54) is 0 Å². The van der Waals surface area contributed by atoms with Crippen molar-refractivity contribution in [2.45, 2.75) is 25.9 Å². The number of hydrogen-bond donors (Lipinski definition) is 1. The van der Waals surface area contributed by atoms with Gasteiger partial charge in [0.25, 0.3) is 0 Å². The van der Waals surface area contributed by atoms with Crippen molar-refractivity contribution in [1.29, 1.82) is 0 Å². The van der Waals surface area contributed by atoms with Gasteiger partial charge < -0.3 is 14.9 Å². The zero-order valence-corrected chi connectivity index (χ0v) is 18.4. The van der Waals surface area contributed by atoms with E-state index < -0.39 is 0 Å². The highest BCUT2D eigenvalue weighted by Gasteiger charge is 2.13. The highest BCUT2D eigenvalue weighted by atomic mass is 35.5. The van der Waals surface area contributed by atoms with Crippen LogP contribution in [-0.4, -0.2) is 52.1 Å². The molecule has 0 spiro atoms. The lowest BCUT2D eigenvalue weighted by molar-refractivity contribution is 0.312. The Bertz CT molecular complexity index is 848. The summed E-state index contributed by atoms with van der Waals surface area (Å²) in [4.78, 5) is 13.1. The van der Waals surface area contributed by atoms with Gasteiger partial charge >= 0.3 is 0 Å². The molecular formula is C24H29ClN4O. The number of likely N-dealkylation sites (N-methyl/N-ethyl adjacent to an activating group) is 2. The molecular weight excluding hydrogens is 396 g/mol. The zero-order chi connectivity index (χ0) is 21.3. The van der Waals surface area contributed by atoms with Gasteiger partial charge in [-0.05, 0) is 50.5 Å². The normalized spacial score (nSPS) is 11.4. The number of halogens is 1. The lowest BCUT2D eigenvalue weighted by Crippen LogP contribution is -2.22. The summed E-state index contributed by atoms with van der Waals surface area (Å²) in [6.45, 7) is 2.96. The van der Waals surface area contributed by atoms with Crippen molar-refractivity contribution in [3.8, 4) is 5.75 Å². The Labute approximate surface area is 184 Å². The summed E-state index contributed by atoms with van der Waals surface area (Å²) in [7, 11) is 4.09. The Morgan fingerprint density at radius 2 is 1.27 bits per heavy atom. The van der Waals surface area contributed by atoms with Crippen LogP contribution in [-0.2, 0) is 25.9 Å². The van der Waals surface area contributed by atoms with Crippen LogP contribution < -0.4 is 0 Å². The molecule has 0 bridgehead atoms. The second-order valence-electron chi connectivity index (χ2n) is 7.69. The average Bonchev–Trinajstić information content (AvgIpc) is 2.75. The Balaban J connectivity index is 1.58. The van der Waals surface area contributed by atoms with E-state index in [1.54, 1.807) is 0 Å². The van der Waals surface area contributed by atoms with Gasteiger partial charge in [0.15, 0.2) is 0 Å². The smallest absolute Gasteiger partial charge is 0.124 e. The van der Waals surface area contributed by atoms with E-state index >= 15 is 0 Å². The SMILES string of the molecule is CN(CCc1ccccn1)Cc1cc(Cl)cc(CN(C)CCc2ccccn2)c1O. The fraction of sp³-hybridized carbons (Fsp3) is 0.333. The summed E-state index contributed by atoms with van der Waals surface area (Å²) < 4.78 is 0. The fourth-order valence-corrected chi connectivity index (χ4v) is 3.66. The molecule has 1 aromatic carbocycles. The average molecular weight is 425 g/mol. The van der Waals surface area contributed by atoms with Gasteiger partial charge in [0.05, 0.1) is 0 Å². The first-order chi connectivity index (χ1) is 14.5. The van der Waals surface area contributed by atoms with Gasteiger partial charge in [-0.2, -0.15) is 0 Å². The number of phenols is 1. The van der Waals surface area contributed by atoms with Gasteiger partial charge in [-0.3, -0.25) is 9.97 Å². The molecule has 0 aliphatic carbocycles. The Hall–Kier alpha value is -2.47. The molecule has 0 unspecified atom stereocenters. The van der Waals surface area contributed by atoms with Crippen LogP contribution in [0.15, 0.2) is 60.9 Å². The first kappa shape index (κ1) is 22.2. The summed E-state index contributed by atoms with van der Waals surface area (Å²) in [6, 6.07) is 15.6. The third-order valence-electron chi connectivity index (χ3n) is 5.06. The van der Waals surface area contributed by atoms with E-state index in [1.807, 2.05) is 75.0 Å². The van der Waals surface area contributed by atoms with Crippen molar-refractivity contribution in [3.05, 3.63) is 88.5 Å². The van der Waals surface area contributed by atoms with Crippen molar-refractivity contribution in [1.82, 2.24) is 19.8 Å². The van der Waals surface area contributed by atoms with E-state index in [-0.39, 0.29) is 0 Å². The van der Waals surface area contributed by atoms with Gasteiger partial charge in [0.1, 0.15) is 5.75 Å². The quantitative estimate of drug-likeness (QED) is 0.529. The van der Waals surface area contributed by atoms with Crippen LogP contribution in [0.4, 0.5) is 0 Å². The van der Waals surface area contributed by atoms with Crippen LogP contribution in [0.1, 0.15) is 22.5 Å². The maximum atomic E-state index is 10.8. The summed E-state index contributed by atoms with van der Waals surface area (Å²) in [6.07, 6.45) is 5.35. The monoisotopic (exact) mass is 424 g/mol. The number of rotatable bonds is 10. The van der Waals surface area contributed by atoms with Crippen LogP contribution in [0.5, 0.6) is 5.75 Å². The maximum Gasteiger partial charge on any atom is 0.124 e. The molecule has 0 aliphatic rings. The second kappa shape index (κ2) is 11.1. The van der Waals surface area contributed by atoms with Crippen LogP contribution in [0.2, 0.25) is 5.02 Å². The largest absolute Gasteiger partial charge is 0.507 e. The maximum absolute atomic E-state index is 10.8. The van der Waals surface area contributed by atoms with Crippen molar-refractivity contribution in [3.63, 3.8) is 0 Å². The molecule has 0 saturated heterocycles. The van der Waals surface area contributed by atoms with Crippen molar-refractivity contribution in [2.24, 2.45) is 0 Å². The molecule has 158 valence electrons. The minimum Gasteiger partial charge on any atom is -0.507 e. The standard InChI is InChI=1S/C24H29ClN4O/c1-28(13-9-22-7-3-5-11-26-22)17-19-15-21(25)16-20(24(19)30)18-29(2)14-10-23-8-4-6-12-27-23/h3-8,11-12,15-16,30H,9-10,13-14,17-18H2,1-2H3.